The van der Waals surface area contributed by atoms with Gasteiger partial charge in [-0.05, 0) is 39.3 Å². The van der Waals surface area contributed by atoms with Gasteiger partial charge in [0.1, 0.15) is 5.78 Å². The lowest BCUT2D eigenvalue weighted by molar-refractivity contribution is -0.128. The van der Waals surface area contributed by atoms with Crippen LogP contribution in [0, 0.1) is 5.41 Å². The summed E-state index contributed by atoms with van der Waals surface area (Å²) in [5.41, 5.74) is 0.0191. The molecule has 1 fully saturated rings. The zero-order valence-electron chi connectivity index (χ0n) is 7.44. The second kappa shape index (κ2) is 3.35. The molecule has 0 saturated carbocycles. The Balaban J connectivity index is 2.64. The van der Waals surface area contributed by atoms with Gasteiger partial charge in [-0.1, -0.05) is 6.92 Å². The molecule has 1 rings (SSSR count). The van der Waals surface area contributed by atoms with E-state index in [9.17, 15) is 4.79 Å². The molecule has 0 aromatic rings. The van der Waals surface area contributed by atoms with Gasteiger partial charge in [0.05, 0.1) is 0 Å². The van der Waals surface area contributed by atoms with Crippen LogP contribution in [0.5, 0.6) is 0 Å². The summed E-state index contributed by atoms with van der Waals surface area (Å²) in [5.74, 6) is 0.376. The fourth-order valence-corrected chi connectivity index (χ4v) is 1.86. The van der Waals surface area contributed by atoms with E-state index in [4.69, 9.17) is 0 Å². The van der Waals surface area contributed by atoms with Crippen molar-refractivity contribution in [2.45, 2.75) is 33.1 Å². The molecule has 1 aliphatic rings. The third kappa shape index (κ3) is 1.62. The highest BCUT2D eigenvalue weighted by Crippen LogP contribution is 2.32. The molecule has 1 N–H and O–H groups in total. The minimum atomic E-state index is 0.0191. The average Bonchev–Trinajstić information content (AvgIpc) is 2.05. The lowest BCUT2D eigenvalue weighted by Gasteiger charge is -2.34. The van der Waals surface area contributed by atoms with Crippen molar-refractivity contribution in [2.75, 3.05) is 13.1 Å². The van der Waals surface area contributed by atoms with E-state index >= 15 is 0 Å². The van der Waals surface area contributed by atoms with Gasteiger partial charge in [-0.25, -0.2) is 0 Å². The number of hydrogen-bond donors (Lipinski definition) is 1. The number of ketones is 1. The zero-order chi connectivity index (χ0) is 8.32. The van der Waals surface area contributed by atoms with Crippen molar-refractivity contribution in [3.8, 4) is 0 Å². The first-order valence-corrected chi connectivity index (χ1v) is 4.43. The third-order valence-electron chi connectivity index (χ3n) is 2.98. The predicted octanol–water partition coefficient (Wildman–Crippen LogP) is 1.36. The van der Waals surface area contributed by atoms with Gasteiger partial charge in [-0.15, -0.1) is 0 Å². The summed E-state index contributed by atoms with van der Waals surface area (Å²) in [7, 11) is 0. The Bertz CT molecular complexity index is 148. The lowest BCUT2D eigenvalue weighted by Crippen LogP contribution is -2.40. The van der Waals surface area contributed by atoms with Crippen LogP contribution >= 0.6 is 0 Å². The van der Waals surface area contributed by atoms with Gasteiger partial charge in [0, 0.05) is 5.41 Å². The van der Waals surface area contributed by atoms with Crippen LogP contribution in [0.2, 0.25) is 0 Å². The molecule has 0 radical (unpaired) electrons. The molecule has 2 nitrogen and oxygen atoms in total. The molecule has 1 aliphatic heterocycles. The Morgan fingerprint density at radius 1 is 1.45 bits per heavy atom. The maximum absolute atomic E-state index is 11.3. The van der Waals surface area contributed by atoms with Gasteiger partial charge < -0.3 is 5.32 Å². The highest BCUT2D eigenvalue weighted by atomic mass is 16.1. The summed E-state index contributed by atoms with van der Waals surface area (Å²) in [5, 5.41) is 3.28. The monoisotopic (exact) mass is 155 g/mol. The first-order valence-electron chi connectivity index (χ1n) is 4.43. The Labute approximate surface area is 68.4 Å². The maximum Gasteiger partial charge on any atom is 0.136 e. The van der Waals surface area contributed by atoms with E-state index in [0.29, 0.717) is 5.78 Å². The second-order valence-electron chi connectivity index (χ2n) is 3.44. The van der Waals surface area contributed by atoms with Gasteiger partial charge in [0.15, 0.2) is 0 Å². The minimum absolute atomic E-state index is 0.0191. The van der Waals surface area contributed by atoms with Crippen LogP contribution in [-0.4, -0.2) is 18.9 Å². The quantitative estimate of drug-likeness (QED) is 0.652. The van der Waals surface area contributed by atoms with Crippen molar-refractivity contribution >= 4 is 5.78 Å². The molecule has 0 aliphatic carbocycles. The Hall–Kier alpha value is -0.370. The normalized spacial score (nSPS) is 23.1. The molecule has 0 aromatic carbocycles. The largest absolute Gasteiger partial charge is 0.317 e. The van der Waals surface area contributed by atoms with E-state index < -0.39 is 0 Å². The van der Waals surface area contributed by atoms with Crippen LogP contribution in [0.25, 0.3) is 0 Å². The molecule has 0 unspecified atom stereocenters. The number of hydrogen-bond acceptors (Lipinski definition) is 2. The van der Waals surface area contributed by atoms with Gasteiger partial charge >= 0.3 is 0 Å². The number of carbonyl (C=O) groups is 1. The molecule has 0 atom stereocenters. The van der Waals surface area contributed by atoms with E-state index in [-0.39, 0.29) is 5.41 Å². The summed E-state index contributed by atoms with van der Waals surface area (Å²) in [6.45, 7) is 5.86. The van der Waals surface area contributed by atoms with E-state index in [1.807, 2.05) is 0 Å². The fourth-order valence-electron chi connectivity index (χ4n) is 1.86. The smallest absolute Gasteiger partial charge is 0.136 e. The molecule has 0 amide bonds. The summed E-state index contributed by atoms with van der Waals surface area (Å²) in [6, 6.07) is 0. The highest BCUT2D eigenvalue weighted by molar-refractivity contribution is 5.82. The third-order valence-corrected chi connectivity index (χ3v) is 2.98. The fraction of sp³-hybridized carbons (Fsp3) is 0.889. The van der Waals surface area contributed by atoms with Gasteiger partial charge in [0.2, 0.25) is 0 Å². The van der Waals surface area contributed by atoms with Crippen LogP contribution in [0.4, 0.5) is 0 Å². The highest BCUT2D eigenvalue weighted by Gasteiger charge is 2.34. The molecule has 11 heavy (non-hydrogen) atoms. The van der Waals surface area contributed by atoms with Crippen LogP contribution in [0.3, 0.4) is 0 Å². The topological polar surface area (TPSA) is 29.1 Å². The SMILES string of the molecule is CCC1(C(C)=O)CCNCC1. The molecular formula is C9H17NO. The van der Waals surface area contributed by atoms with Crippen LogP contribution in [0.1, 0.15) is 33.1 Å². The predicted molar refractivity (Wildman–Crippen MR) is 45.5 cm³/mol. The van der Waals surface area contributed by atoms with Crippen molar-refractivity contribution < 1.29 is 4.79 Å². The van der Waals surface area contributed by atoms with Crippen molar-refractivity contribution in [1.82, 2.24) is 5.32 Å². The zero-order valence-corrected chi connectivity index (χ0v) is 7.44. The van der Waals surface area contributed by atoms with Crippen molar-refractivity contribution in [3.05, 3.63) is 0 Å². The van der Waals surface area contributed by atoms with Gasteiger partial charge in [0.25, 0.3) is 0 Å². The number of nitrogens with one attached hydrogen (secondary N) is 1. The van der Waals surface area contributed by atoms with E-state index in [0.717, 1.165) is 32.4 Å². The summed E-state index contributed by atoms with van der Waals surface area (Å²) in [6.07, 6.45) is 3.06. The summed E-state index contributed by atoms with van der Waals surface area (Å²) in [4.78, 5) is 11.3. The Morgan fingerprint density at radius 2 is 2.00 bits per heavy atom. The van der Waals surface area contributed by atoms with Crippen molar-refractivity contribution in [2.24, 2.45) is 5.41 Å². The van der Waals surface area contributed by atoms with Crippen molar-refractivity contribution in [3.63, 3.8) is 0 Å². The van der Waals surface area contributed by atoms with Crippen molar-refractivity contribution in [1.29, 1.82) is 0 Å². The standard InChI is InChI=1S/C9H17NO/c1-3-9(8(2)11)4-6-10-7-5-9/h10H,3-7H2,1-2H3. The molecule has 1 heterocycles. The van der Waals surface area contributed by atoms with E-state index in [2.05, 4.69) is 12.2 Å². The molecule has 0 aromatic heterocycles. The summed E-state index contributed by atoms with van der Waals surface area (Å²) >= 11 is 0. The Morgan fingerprint density at radius 3 is 2.27 bits per heavy atom. The molecule has 2 heteroatoms. The van der Waals surface area contributed by atoms with Crippen LogP contribution in [0.15, 0.2) is 0 Å². The van der Waals surface area contributed by atoms with E-state index in [1.165, 1.54) is 0 Å². The van der Waals surface area contributed by atoms with Crippen LogP contribution < -0.4 is 5.32 Å². The first-order chi connectivity index (χ1) is 5.21. The van der Waals surface area contributed by atoms with Gasteiger partial charge in [-0.3, -0.25) is 4.79 Å². The molecule has 0 bridgehead atoms. The molecule has 0 spiro atoms. The number of piperidine rings is 1. The summed E-state index contributed by atoms with van der Waals surface area (Å²) < 4.78 is 0. The Kier molecular flexibility index (Phi) is 2.66. The number of Topliss-reactive ketones (excluding diaryl/α,β-unsaturated/α-hetero) is 1. The first kappa shape index (κ1) is 8.72. The molecular weight excluding hydrogens is 138 g/mol. The molecule has 64 valence electrons. The second-order valence-corrected chi connectivity index (χ2v) is 3.44. The average molecular weight is 155 g/mol. The number of rotatable bonds is 2. The minimum Gasteiger partial charge on any atom is -0.317 e. The van der Waals surface area contributed by atoms with Crippen LogP contribution in [-0.2, 0) is 4.79 Å². The maximum atomic E-state index is 11.3. The number of carbonyl (C=O) groups excluding carboxylic acids is 1. The van der Waals surface area contributed by atoms with E-state index in [1.54, 1.807) is 6.92 Å². The van der Waals surface area contributed by atoms with Gasteiger partial charge in [-0.2, -0.15) is 0 Å². The molecule has 1 saturated heterocycles. The lowest BCUT2D eigenvalue weighted by atomic mass is 9.74.